The van der Waals surface area contributed by atoms with E-state index in [9.17, 15) is 10.2 Å². The van der Waals surface area contributed by atoms with E-state index in [0.29, 0.717) is 16.1 Å². The lowest BCUT2D eigenvalue weighted by Gasteiger charge is -1.97. The Hall–Kier alpha value is -2.33. The number of benzene rings is 2. The molecule has 0 saturated heterocycles. The highest BCUT2D eigenvalue weighted by Crippen LogP contribution is 2.19. The van der Waals surface area contributed by atoms with Gasteiger partial charge in [0.05, 0.1) is 12.4 Å². The number of nitrogens with zero attached hydrogens (tertiary/aromatic N) is 2. The van der Waals surface area contributed by atoms with Crippen molar-refractivity contribution in [2.45, 2.75) is 0 Å². The fraction of sp³-hybridized carbons (Fsp3) is 0. The maximum Gasteiger partial charge on any atom is 0.124 e. The SMILES string of the molecule is Oc1ccc(Cl)cc1/C=N\N=C\c1ccccc1O. The zero-order valence-electron chi connectivity index (χ0n) is 9.86. The van der Waals surface area contributed by atoms with Crippen LogP contribution in [0.4, 0.5) is 0 Å². The number of hydrogen-bond donors (Lipinski definition) is 2. The fourth-order valence-electron chi connectivity index (χ4n) is 1.42. The van der Waals surface area contributed by atoms with Crippen LogP contribution >= 0.6 is 11.6 Å². The molecule has 2 N–H and O–H groups in total. The van der Waals surface area contributed by atoms with Crippen molar-refractivity contribution in [1.82, 2.24) is 0 Å². The van der Waals surface area contributed by atoms with Gasteiger partial charge < -0.3 is 10.2 Å². The highest BCUT2D eigenvalue weighted by Gasteiger charge is 1.98. The van der Waals surface area contributed by atoms with Gasteiger partial charge >= 0.3 is 0 Å². The molecular formula is C14H11ClN2O2. The molecule has 96 valence electrons. The highest BCUT2D eigenvalue weighted by molar-refractivity contribution is 6.30. The average Bonchev–Trinajstić information content (AvgIpc) is 2.40. The third kappa shape index (κ3) is 3.56. The summed E-state index contributed by atoms with van der Waals surface area (Å²) in [6.45, 7) is 0. The third-order valence-corrected chi connectivity index (χ3v) is 2.62. The minimum atomic E-state index is 0.0749. The molecule has 0 heterocycles. The molecule has 0 fully saturated rings. The molecule has 2 aromatic rings. The second-order valence-corrected chi connectivity index (χ2v) is 4.19. The van der Waals surface area contributed by atoms with Crippen molar-refractivity contribution in [2.75, 3.05) is 0 Å². The van der Waals surface area contributed by atoms with Gasteiger partial charge in [-0.15, -0.1) is 0 Å². The van der Waals surface area contributed by atoms with Gasteiger partial charge in [-0.25, -0.2) is 0 Å². The summed E-state index contributed by atoms with van der Waals surface area (Å²) in [7, 11) is 0. The lowest BCUT2D eigenvalue weighted by molar-refractivity contribution is 0.474. The molecule has 0 radical (unpaired) electrons. The second-order valence-electron chi connectivity index (χ2n) is 3.75. The number of hydrogen-bond acceptors (Lipinski definition) is 4. The number of rotatable bonds is 3. The van der Waals surface area contributed by atoms with Crippen LogP contribution in [0.15, 0.2) is 52.7 Å². The van der Waals surface area contributed by atoms with Gasteiger partial charge in [-0.05, 0) is 30.3 Å². The van der Waals surface area contributed by atoms with Gasteiger partial charge in [0.2, 0.25) is 0 Å². The molecule has 0 aliphatic heterocycles. The van der Waals surface area contributed by atoms with Gasteiger partial charge in [-0.1, -0.05) is 23.7 Å². The maximum absolute atomic E-state index is 9.55. The van der Waals surface area contributed by atoms with E-state index >= 15 is 0 Å². The zero-order valence-corrected chi connectivity index (χ0v) is 10.6. The molecule has 0 aromatic heterocycles. The van der Waals surface area contributed by atoms with E-state index in [1.807, 2.05) is 0 Å². The van der Waals surface area contributed by atoms with Crippen molar-refractivity contribution in [3.63, 3.8) is 0 Å². The van der Waals surface area contributed by atoms with Gasteiger partial charge in [-0.3, -0.25) is 0 Å². The van der Waals surface area contributed by atoms with Crippen LogP contribution in [-0.2, 0) is 0 Å². The molecule has 2 rings (SSSR count). The largest absolute Gasteiger partial charge is 0.507 e. The summed E-state index contributed by atoms with van der Waals surface area (Å²) in [6.07, 6.45) is 2.81. The summed E-state index contributed by atoms with van der Waals surface area (Å²) in [4.78, 5) is 0. The first-order valence-electron chi connectivity index (χ1n) is 5.50. The topological polar surface area (TPSA) is 65.2 Å². The Labute approximate surface area is 115 Å². The van der Waals surface area contributed by atoms with Gasteiger partial charge in [0.25, 0.3) is 0 Å². The molecule has 0 amide bonds. The number of halogens is 1. The van der Waals surface area contributed by atoms with Crippen molar-refractivity contribution in [2.24, 2.45) is 10.2 Å². The van der Waals surface area contributed by atoms with Gasteiger partial charge in [-0.2, -0.15) is 10.2 Å². The van der Waals surface area contributed by atoms with Crippen molar-refractivity contribution in [3.05, 3.63) is 58.6 Å². The van der Waals surface area contributed by atoms with E-state index in [1.54, 1.807) is 36.4 Å². The normalized spacial score (nSPS) is 11.4. The van der Waals surface area contributed by atoms with E-state index in [-0.39, 0.29) is 11.5 Å². The van der Waals surface area contributed by atoms with Crippen molar-refractivity contribution in [3.8, 4) is 11.5 Å². The number of para-hydroxylation sites is 1. The molecular weight excluding hydrogens is 264 g/mol. The zero-order chi connectivity index (χ0) is 13.7. The van der Waals surface area contributed by atoms with Gasteiger partial charge in [0, 0.05) is 16.1 Å². The minimum absolute atomic E-state index is 0.0749. The Morgan fingerprint density at radius 1 is 0.842 bits per heavy atom. The van der Waals surface area contributed by atoms with Crippen molar-refractivity contribution >= 4 is 24.0 Å². The molecule has 0 aliphatic carbocycles. The number of phenolic OH excluding ortho intramolecular Hbond substituents is 2. The molecule has 0 aliphatic rings. The molecule has 5 heteroatoms. The molecule has 0 spiro atoms. The standard InChI is InChI=1S/C14H11ClN2O2/c15-12-5-6-14(19)11(7-12)9-17-16-8-10-3-1-2-4-13(10)18/h1-9,18-19H/b16-8+,17-9-. The maximum atomic E-state index is 9.55. The number of aromatic hydroxyl groups is 2. The first kappa shape index (κ1) is 13.1. The highest BCUT2D eigenvalue weighted by atomic mass is 35.5. The van der Waals surface area contributed by atoms with Crippen LogP contribution in [0.3, 0.4) is 0 Å². The molecule has 0 unspecified atom stereocenters. The van der Waals surface area contributed by atoms with Gasteiger partial charge in [0.15, 0.2) is 0 Å². The van der Waals surface area contributed by atoms with Crippen LogP contribution in [0, 0.1) is 0 Å². The summed E-state index contributed by atoms with van der Waals surface area (Å²) in [5.41, 5.74) is 1.04. The molecule has 4 nitrogen and oxygen atoms in total. The predicted octanol–water partition coefficient (Wildman–Crippen LogP) is 3.20. The Morgan fingerprint density at radius 3 is 2.21 bits per heavy atom. The van der Waals surface area contributed by atoms with E-state index < -0.39 is 0 Å². The van der Waals surface area contributed by atoms with Crippen molar-refractivity contribution < 1.29 is 10.2 Å². The van der Waals surface area contributed by atoms with E-state index in [4.69, 9.17) is 11.6 Å². The van der Waals surface area contributed by atoms with E-state index in [2.05, 4.69) is 10.2 Å². The predicted molar refractivity (Wildman–Crippen MR) is 76.4 cm³/mol. The first-order valence-corrected chi connectivity index (χ1v) is 5.87. The number of phenols is 2. The van der Waals surface area contributed by atoms with E-state index in [1.165, 1.54) is 18.5 Å². The molecule has 0 atom stereocenters. The summed E-state index contributed by atoms with van der Waals surface area (Å²) in [5.74, 6) is 0.206. The average molecular weight is 275 g/mol. The van der Waals surface area contributed by atoms with E-state index in [0.717, 1.165) is 0 Å². The summed E-state index contributed by atoms with van der Waals surface area (Å²) >= 11 is 5.80. The smallest absolute Gasteiger partial charge is 0.124 e. The Balaban J connectivity index is 2.12. The quantitative estimate of drug-likeness (QED) is 0.667. The van der Waals surface area contributed by atoms with Crippen molar-refractivity contribution in [1.29, 1.82) is 0 Å². The van der Waals surface area contributed by atoms with Crippen LogP contribution in [0.1, 0.15) is 11.1 Å². The lowest BCUT2D eigenvalue weighted by Crippen LogP contribution is -1.83. The molecule has 2 aromatic carbocycles. The first-order chi connectivity index (χ1) is 9.16. The van der Waals surface area contributed by atoms with Crippen LogP contribution in [-0.4, -0.2) is 22.6 Å². The Morgan fingerprint density at radius 2 is 1.47 bits per heavy atom. The summed E-state index contributed by atoms with van der Waals surface area (Å²) in [5, 5.41) is 27.2. The molecule has 0 bridgehead atoms. The monoisotopic (exact) mass is 274 g/mol. The molecule has 19 heavy (non-hydrogen) atoms. The van der Waals surface area contributed by atoms with Crippen LogP contribution in [0.25, 0.3) is 0 Å². The second kappa shape index (κ2) is 6.02. The Bertz CT molecular complexity index is 639. The minimum Gasteiger partial charge on any atom is -0.507 e. The third-order valence-electron chi connectivity index (χ3n) is 2.39. The summed E-state index contributed by atoms with van der Waals surface area (Å²) < 4.78 is 0. The fourth-order valence-corrected chi connectivity index (χ4v) is 1.60. The van der Waals surface area contributed by atoms with Crippen LogP contribution in [0.2, 0.25) is 5.02 Å². The molecule has 0 saturated carbocycles. The lowest BCUT2D eigenvalue weighted by atomic mass is 10.2. The van der Waals surface area contributed by atoms with Gasteiger partial charge in [0.1, 0.15) is 11.5 Å². The summed E-state index contributed by atoms with van der Waals surface area (Å²) in [6, 6.07) is 11.4. The Kier molecular flexibility index (Phi) is 4.15. The van der Waals surface area contributed by atoms with Crippen LogP contribution < -0.4 is 0 Å². The van der Waals surface area contributed by atoms with Crippen LogP contribution in [0.5, 0.6) is 11.5 Å².